The van der Waals surface area contributed by atoms with E-state index in [-0.39, 0.29) is 0 Å². The first kappa shape index (κ1) is 15.3. The summed E-state index contributed by atoms with van der Waals surface area (Å²) in [7, 11) is 0. The molecule has 2 N–H and O–H groups in total. The van der Waals surface area contributed by atoms with Crippen LogP contribution in [0, 0.1) is 0 Å². The summed E-state index contributed by atoms with van der Waals surface area (Å²) in [4.78, 5) is 16.9. The minimum Gasteiger partial charge on any atom is -0.367 e. The van der Waals surface area contributed by atoms with Crippen molar-refractivity contribution in [1.29, 1.82) is 0 Å². The number of primary amides is 1. The largest absolute Gasteiger partial charge is 0.367 e. The normalized spacial score (nSPS) is 25.4. The third-order valence-electron chi connectivity index (χ3n) is 4.90. The van der Waals surface area contributed by atoms with E-state index >= 15 is 0 Å². The van der Waals surface area contributed by atoms with Crippen LogP contribution in [0.2, 0.25) is 0 Å². The van der Waals surface area contributed by atoms with Crippen molar-refractivity contribution in [2.24, 2.45) is 5.73 Å². The average molecular weight is 393 g/mol. The number of epoxide rings is 1. The lowest BCUT2D eigenvalue weighted by Gasteiger charge is -2.20. The zero-order valence-electron chi connectivity index (χ0n) is 12.5. The zero-order valence-corrected chi connectivity index (χ0v) is 15.0. The van der Waals surface area contributed by atoms with Crippen molar-refractivity contribution in [2.75, 3.05) is 0 Å². The number of aromatic nitrogens is 1. The summed E-state index contributed by atoms with van der Waals surface area (Å²) >= 11 is 4.90. The lowest BCUT2D eigenvalue weighted by Crippen LogP contribution is -2.38. The predicted octanol–water partition coefficient (Wildman–Crippen LogP) is 3.99. The fraction of sp³-hybridized carbons (Fsp3) is 0.412. The number of carbonyl (C=O) groups is 1. The Morgan fingerprint density at radius 2 is 1.91 bits per heavy atom. The molecule has 1 aromatic carbocycles. The van der Waals surface area contributed by atoms with E-state index in [0.717, 1.165) is 41.4 Å². The van der Waals surface area contributed by atoms with Gasteiger partial charge in [0.15, 0.2) is 0 Å². The summed E-state index contributed by atoms with van der Waals surface area (Å²) in [6.07, 6.45) is 5.15. The van der Waals surface area contributed by atoms with Crippen molar-refractivity contribution in [3.05, 3.63) is 39.1 Å². The first-order valence-electron chi connectivity index (χ1n) is 7.79. The van der Waals surface area contributed by atoms with E-state index in [0.29, 0.717) is 5.01 Å². The Kier molecular flexibility index (Phi) is 3.59. The van der Waals surface area contributed by atoms with Crippen molar-refractivity contribution >= 4 is 33.2 Å². The Hall–Kier alpha value is -1.24. The van der Waals surface area contributed by atoms with Crippen LogP contribution in [0.25, 0.3) is 11.3 Å². The molecular weight excluding hydrogens is 376 g/mol. The summed E-state index contributed by atoms with van der Waals surface area (Å²) < 4.78 is 7.04. The molecule has 1 saturated carbocycles. The molecule has 0 bridgehead atoms. The third-order valence-corrected chi connectivity index (χ3v) is 6.37. The molecule has 1 aliphatic heterocycles. The van der Waals surface area contributed by atoms with Gasteiger partial charge < -0.3 is 10.5 Å². The fourth-order valence-electron chi connectivity index (χ4n) is 3.65. The molecule has 1 saturated heterocycles. The minimum absolute atomic E-state index is 0.406. The highest BCUT2D eigenvalue weighted by Gasteiger charge is 2.76. The molecule has 4 nitrogen and oxygen atoms in total. The van der Waals surface area contributed by atoms with E-state index in [4.69, 9.17) is 15.5 Å². The molecule has 1 atom stereocenters. The second kappa shape index (κ2) is 5.40. The molecule has 2 aliphatic rings. The molecule has 1 unspecified atom stereocenters. The molecule has 6 heteroatoms. The number of ether oxygens (including phenoxy) is 1. The number of thiazole rings is 1. The van der Waals surface area contributed by atoms with Crippen LogP contribution in [0.3, 0.4) is 0 Å². The van der Waals surface area contributed by atoms with E-state index in [2.05, 4.69) is 15.9 Å². The summed E-state index contributed by atoms with van der Waals surface area (Å²) in [5, 5.41) is 2.67. The molecule has 2 fully saturated rings. The second-order valence-corrected chi connectivity index (χ2v) is 8.02. The van der Waals surface area contributed by atoms with E-state index in [9.17, 15) is 4.79 Å². The molecule has 1 amide bonds. The van der Waals surface area contributed by atoms with Gasteiger partial charge in [-0.15, -0.1) is 11.3 Å². The van der Waals surface area contributed by atoms with Gasteiger partial charge in [0.25, 0.3) is 5.91 Å². The highest BCUT2D eigenvalue weighted by atomic mass is 79.9. The van der Waals surface area contributed by atoms with E-state index < -0.39 is 17.1 Å². The maximum atomic E-state index is 12.2. The van der Waals surface area contributed by atoms with E-state index in [1.54, 1.807) is 0 Å². The topological polar surface area (TPSA) is 68.5 Å². The number of rotatable bonds is 3. The van der Waals surface area contributed by atoms with Crippen LogP contribution >= 0.6 is 27.3 Å². The minimum atomic E-state index is -1.01. The molecule has 1 spiro atoms. The van der Waals surface area contributed by atoms with Crippen LogP contribution in [0.5, 0.6) is 0 Å². The molecule has 1 aromatic heterocycles. The Bertz CT molecular complexity index is 752. The molecule has 23 heavy (non-hydrogen) atoms. The first-order valence-corrected chi connectivity index (χ1v) is 9.47. The predicted molar refractivity (Wildman–Crippen MR) is 93.0 cm³/mol. The molecule has 0 radical (unpaired) electrons. The summed E-state index contributed by atoms with van der Waals surface area (Å²) in [5.74, 6) is -0.406. The summed E-state index contributed by atoms with van der Waals surface area (Å²) in [6, 6.07) is 7.97. The van der Waals surface area contributed by atoms with Crippen LogP contribution < -0.4 is 5.73 Å². The fourth-order valence-corrected chi connectivity index (χ4v) is 4.97. The second-order valence-electron chi connectivity index (χ2n) is 6.25. The van der Waals surface area contributed by atoms with Crippen molar-refractivity contribution in [3.8, 4) is 11.3 Å². The van der Waals surface area contributed by atoms with Crippen molar-refractivity contribution in [1.82, 2.24) is 4.98 Å². The van der Waals surface area contributed by atoms with E-state index in [1.807, 2.05) is 29.6 Å². The molecule has 4 rings (SSSR count). The van der Waals surface area contributed by atoms with Gasteiger partial charge in [0, 0.05) is 15.4 Å². The highest BCUT2D eigenvalue weighted by Crippen LogP contribution is 2.63. The first-order chi connectivity index (χ1) is 11.1. The third kappa shape index (κ3) is 2.27. The van der Waals surface area contributed by atoms with Crippen LogP contribution in [-0.2, 0) is 15.1 Å². The SMILES string of the molecule is NC(=O)C1(c2nc(-c3ccc(Br)cc3)cs2)OC12CCCCC2. The average Bonchev–Trinajstić information content (AvgIpc) is 2.95. The number of halogens is 1. The van der Waals surface area contributed by atoms with Gasteiger partial charge in [-0.3, -0.25) is 4.79 Å². The number of nitrogens with two attached hydrogens (primary N) is 1. The van der Waals surface area contributed by atoms with Crippen molar-refractivity contribution in [2.45, 2.75) is 43.3 Å². The quantitative estimate of drug-likeness (QED) is 0.802. The smallest absolute Gasteiger partial charge is 0.259 e. The van der Waals surface area contributed by atoms with Crippen LogP contribution in [0.1, 0.15) is 37.1 Å². The van der Waals surface area contributed by atoms with Gasteiger partial charge in [-0.05, 0) is 25.0 Å². The van der Waals surface area contributed by atoms with Gasteiger partial charge in [-0.1, -0.05) is 47.3 Å². The Morgan fingerprint density at radius 1 is 1.22 bits per heavy atom. The van der Waals surface area contributed by atoms with Crippen molar-refractivity contribution < 1.29 is 9.53 Å². The number of benzene rings is 1. The molecule has 1 aliphatic carbocycles. The molecular formula is C17H17BrN2O2S. The van der Waals surface area contributed by atoms with Gasteiger partial charge in [0.05, 0.1) is 5.69 Å². The highest BCUT2D eigenvalue weighted by molar-refractivity contribution is 9.10. The number of amides is 1. The maximum Gasteiger partial charge on any atom is 0.259 e. The van der Waals surface area contributed by atoms with Crippen LogP contribution in [-0.4, -0.2) is 16.5 Å². The molecule has 2 aromatic rings. The van der Waals surface area contributed by atoms with Crippen LogP contribution in [0.4, 0.5) is 0 Å². The van der Waals surface area contributed by atoms with E-state index in [1.165, 1.54) is 17.8 Å². The summed E-state index contributed by atoms with van der Waals surface area (Å²) in [5.41, 5.74) is 6.20. The number of nitrogens with zero attached hydrogens (tertiary/aromatic N) is 1. The summed E-state index contributed by atoms with van der Waals surface area (Å²) in [6.45, 7) is 0. The zero-order chi connectivity index (χ0) is 16.1. The Morgan fingerprint density at radius 3 is 2.57 bits per heavy atom. The number of hydrogen-bond donors (Lipinski definition) is 1. The standard InChI is InChI=1S/C17H17BrN2O2S/c18-12-6-4-11(5-7-12)13-10-23-15(20-13)17(14(19)21)16(22-17)8-2-1-3-9-16/h4-7,10H,1-3,8-9H2,(H2,19,21). The monoisotopic (exact) mass is 392 g/mol. The van der Waals surface area contributed by atoms with Gasteiger partial charge in [0.1, 0.15) is 10.6 Å². The van der Waals surface area contributed by atoms with Crippen molar-refractivity contribution in [3.63, 3.8) is 0 Å². The van der Waals surface area contributed by atoms with Gasteiger partial charge in [0.2, 0.25) is 5.60 Å². The molecule has 120 valence electrons. The van der Waals surface area contributed by atoms with Crippen LogP contribution in [0.15, 0.2) is 34.1 Å². The van der Waals surface area contributed by atoms with Gasteiger partial charge in [-0.25, -0.2) is 4.98 Å². The number of carbonyl (C=O) groups excluding carboxylic acids is 1. The Balaban J connectivity index is 1.70. The molecule has 2 heterocycles. The number of hydrogen-bond acceptors (Lipinski definition) is 4. The Labute approximate surface area is 147 Å². The van der Waals surface area contributed by atoms with Gasteiger partial charge in [-0.2, -0.15) is 0 Å². The lowest BCUT2D eigenvalue weighted by atomic mass is 9.80. The van der Waals surface area contributed by atoms with Gasteiger partial charge >= 0.3 is 0 Å². The maximum absolute atomic E-state index is 12.2. The lowest BCUT2D eigenvalue weighted by molar-refractivity contribution is -0.123.